The maximum absolute atomic E-state index is 12.4. The van der Waals surface area contributed by atoms with Gasteiger partial charge in [-0.3, -0.25) is 0 Å². The van der Waals surface area contributed by atoms with E-state index in [1.165, 1.54) is 0 Å². The molecule has 1 aromatic rings. The summed E-state index contributed by atoms with van der Waals surface area (Å²) in [6.45, 7) is 4.76. The lowest BCUT2D eigenvalue weighted by molar-refractivity contribution is 0.409. The normalized spacial score (nSPS) is 24.8. The van der Waals surface area contributed by atoms with Crippen LogP contribution in [0.5, 0.6) is 5.75 Å². The van der Waals surface area contributed by atoms with Gasteiger partial charge in [0.25, 0.3) is 0 Å². The monoisotopic (exact) mass is 283 g/mol. The Bertz CT molecular complexity index is 554. The van der Waals surface area contributed by atoms with Crippen LogP contribution in [0.2, 0.25) is 0 Å². The standard InChI is InChI=1S/C14H21NO3S/c1-4-7-15-13-8-10(2)19(16,17)14-6-5-11(18-3)9-12(13)14/h5-6,9-10,13,15H,4,7-8H2,1-3H3. The molecule has 1 aliphatic rings. The van der Waals surface area contributed by atoms with Gasteiger partial charge >= 0.3 is 0 Å². The first-order chi connectivity index (χ1) is 9.00. The highest BCUT2D eigenvalue weighted by Gasteiger charge is 2.36. The smallest absolute Gasteiger partial charge is 0.181 e. The molecular formula is C14H21NO3S. The highest BCUT2D eigenvalue weighted by Crippen LogP contribution is 2.37. The molecule has 0 radical (unpaired) electrons. The van der Waals surface area contributed by atoms with Gasteiger partial charge in [-0.15, -0.1) is 0 Å². The van der Waals surface area contributed by atoms with E-state index in [0.29, 0.717) is 17.1 Å². The van der Waals surface area contributed by atoms with E-state index in [1.54, 1.807) is 26.2 Å². The zero-order valence-electron chi connectivity index (χ0n) is 11.6. The second kappa shape index (κ2) is 5.51. The summed E-state index contributed by atoms with van der Waals surface area (Å²) >= 11 is 0. The molecular weight excluding hydrogens is 262 g/mol. The molecule has 2 atom stereocenters. The van der Waals surface area contributed by atoms with Crippen LogP contribution in [-0.2, 0) is 9.84 Å². The quantitative estimate of drug-likeness (QED) is 0.921. The van der Waals surface area contributed by atoms with Crippen LogP contribution in [0, 0.1) is 0 Å². The fraction of sp³-hybridized carbons (Fsp3) is 0.571. The van der Waals surface area contributed by atoms with Crippen LogP contribution in [0.1, 0.15) is 38.3 Å². The summed E-state index contributed by atoms with van der Waals surface area (Å²) in [6, 6.07) is 5.31. The molecule has 0 saturated heterocycles. The van der Waals surface area contributed by atoms with E-state index < -0.39 is 9.84 Å². The number of hydrogen-bond acceptors (Lipinski definition) is 4. The van der Waals surface area contributed by atoms with Crippen molar-refractivity contribution in [2.45, 2.75) is 42.9 Å². The van der Waals surface area contributed by atoms with Crippen LogP contribution in [-0.4, -0.2) is 27.3 Å². The molecule has 0 spiro atoms. The van der Waals surface area contributed by atoms with Crippen molar-refractivity contribution in [1.29, 1.82) is 0 Å². The maximum Gasteiger partial charge on any atom is 0.181 e. The van der Waals surface area contributed by atoms with E-state index >= 15 is 0 Å². The minimum atomic E-state index is -3.20. The van der Waals surface area contributed by atoms with Crippen molar-refractivity contribution in [1.82, 2.24) is 5.32 Å². The van der Waals surface area contributed by atoms with Crippen molar-refractivity contribution in [2.75, 3.05) is 13.7 Å². The van der Waals surface area contributed by atoms with E-state index in [9.17, 15) is 8.42 Å². The molecule has 1 heterocycles. The van der Waals surface area contributed by atoms with Gasteiger partial charge < -0.3 is 10.1 Å². The Morgan fingerprint density at radius 3 is 2.79 bits per heavy atom. The number of hydrogen-bond donors (Lipinski definition) is 1. The predicted molar refractivity (Wildman–Crippen MR) is 75.3 cm³/mol. The first kappa shape index (κ1) is 14.3. The second-order valence-electron chi connectivity index (χ2n) is 5.00. The Kier molecular flexibility index (Phi) is 4.16. The van der Waals surface area contributed by atoms with Crippen LogP contribution >= 0.6 is 0 Å². The highest BCUT2D eigenvalue weighted by atomic mass is 32.2. The van der Waals surface area contributed by atoms with Gasteiger partial charge in [0.05, 0.1) is 17.3 Å². The molecule has 1 aromatic carbocycles. The van der Waals surface area contributed by atoms with Crippen molar-refractivity contribution in [3.8, 4) is 5.75 Å². The fourth-order valence-corrected chi connectivity index (χ4v) is 4.17. The van der Waals surface area contributed by atoms with Crippen molar-refractivity contribution in [3.63, 3.8) is 0 Å². The molecule has 5 heteroatoms. The summed E-state index contributed by atoms with van der Waals surface area (Å²) in [5.41, 5.74) is 0.839. The predicted octanol–water partition coefficient (Wildman–Crippen LogP) is 2.30. The van der Waals surface area contributed by atoms with Crippen LogP contribution < -0.4 is 10.1 Å². The number of fused-ring (bicyclic) bond motifs is 1. The van der Waals surface area contributed by atoms with Crippen LogP contribution in [0.25, 0.3) is 0 Å². The summed E-state index contributed by atoms with van der Waals surface area (Å²) in [7, 11) is -1.61. The van der Waals surface area contributed by atoms with Crippen LogP contribution in [0.3, 0.4) is 0 Å². The lowest BCUT2D eigenvalue weighted by atomic mass is 10.0. The van der Waals surface area contributed by atoms with E-state index in [4.69, 9.17) is 4.74 Å². The van der Waals surface area contributed by atoms with Gasteiger partial charge in [-0.25, -0.2) is 8.42 Å². The van der Waals surface area contributed by atoms with E-state index in [1.807, 2.05) is 6.07 Å². The third-order valence-corrected chi connectivity index (χ3v) is 5.87. The molecule has 0 fully saturated rings. The van der Waals surface area contributed by atoms with E-state index in [2.05, 4.69) is 12.2 Å². The van der Waals surface area contributed by atoms with E-state index in [0.717, 1.165) is 18.5 Å². The molecule has 1 aliphatic heterocycles. The highest BCUT2D eigenvalue weighted by molar-refractivity contribution is 7.92. The Labute approximate surface area is 115 Å². The summed E-state index contributed by atoms with van der Waals surface area (Å²) in [5, 5.41) is 3.08. The molecule has 2 rings (SSSR count). The van der Waals surface area contributed by atoms with Gasteiger partial charge in [-0.2, -0.15) is 0 Å². The zero-order valence-corrected chi connectivity index (χ0v) is 12.5. The van der Waals surface area contributed by atoms with Gasteiger partial charge in [0.15, 0.2) is 9.84 Å². The van der Waals surface area contributed by atoms with E-state index in [-0.39, 0.29) is 11.3 Å². The molecule has 106 valence electrons. The first-order valence-corrected chi connectivity index (χ1v) is 8.20. The lowest BCUT2D eigenvalue weighted by Gasteiger charge is -2.30. The number of methoxy groups -OCH3 is 1. The largest absolute Gasteiger partial charge is 0.497 e. The topological polar surface area (TPSA) is 55.4 Å². The molecule has 0 aromatic heterocycles. The van der Waals surface area contributed by atoms with Crippen molar-refractivity contribution in [2.24, 2.45) is 0 Å². The van der Waals surface area contributed by atoms with Gasteiger partial charge in [-0.1, -0.05) is 6.92 Å². The van der Waals surface area contributed by atoms with Gasteiger partial charge in [0.1, 0.15) is 5.75 Å². The van der Waals surface area contributed by atoms with Gasteiger partial charge in [0.2, 0.25) is 0 Å². The molecule has 1 N–H and O–H groups in total. The Morgan fingerprint density at radius 2 is 2.16 bits per heavy atom. The number of rotatable bonds is 4. The minimum absolute atomic E-state index is 0.0866. The fourth-order valence-electron chi connectivity index (χ4n) is 2.50. The van der Waals surface area contributed by atoms with Crippen molar-refractivity contribution >= 4 is 9.84 Å². The summed E-state index contributed by atoms with van der Waals surface area (Å²) in [4.78, 5) is 0.445. The minimum Gasteiger partial charge on any atom is -0.497 e. The average molecular weight is 283 g/mol. The summed E-state index contributed by atoms with van der Waals surface area (Å²) in [5.74, 6) is 0.701. The van der Waals surface area contributed by atoms with Crippen molar-refractivity contribution in [3.05, 3.63) is 23.8 Å². The number of nitrogens with one attached hydrogen (secondary N) is 1. The number of sulfone groups is 1. The third kappa shape index (κ3) is 2.62. The lowest BCUT2D eigenvalue weighted by Crippen LogP contribution is -2.34. The SMILES string of the molecule is CCCNC1CC(C)S(=O)(=O)c2ccc(OC)cc21. The average Bonchev–Trinajstić information content (AvgIpc) is 2.41. The first-order valence-electron chi connectivity index (χ1n) is 6.66. The summed E-state index contributed by atoms with van der Waals surface area (Å²) < 4.78 is 29.9. The molecule has 2 unspecified atom stereocenters. The van der Waals surface area contributed by atoms with Crippen LogP contribution in [0.15, 0.2) is 23.1 Å². The molecule has 0 aliphatic carbocycles. The number of ether oxygens (including phenoxy) is 1. The third-order valence-electron chi connectivity index (χ3n) is 3.64. The van der Waals surface area contributed by atoms with Gasteiger partial charge in [0, 0.05) is 6.04 Å². The van der Waals surface area contributed by atoms with Gasteiger partial charge in [-0.05, 0) is 50.1 Å². The Morgan fingerprint density at radius 1 is 1.42 bits per heavy atom. The second-order valence-corrected chi connectivity index (χ2v) is 7.34. The summed E-state index contributed by atoms with van der Waals surface area (Å²) in [6.07, 6.45) is 1.64. The number of benzene rings is 1. The van der Waals surface area contributed by atoms with Crippen LogP contribution in [0.4, 0.5) is 0 Å². The zero-order chi connectivity index (χ0) is 14.0. The molecule has 0 amide bonds. The molecule has 0 bridgehead atoms. The Hall–Kier alpha value is -1.07. The molecule has 19 heavy (non-hydrogen) atoms. The maximum atomic E-state index is 12.4. The molecule has 0 saturated carbocycles. The Balaban J connectivity index is 2.48. The van der Waals surface area contributed by atoms with Crippen molar-refractivity contribution < 1.29 is 13.2 Å². The molecule has 4 nitrogen and oxygen atoms in total.